The van der Waals surface area contributed by atoms with Crippen molar-refractivity contribution in [2.24, 2.45) is 0 Å². The molecule has 1 fully saturated rings. The minimum atomic E-state index is -3.89. The van der Waals surface area contributed by atoms with Gasteiger partial charge in [0.2, 0.25) is 0 Å². The lowest BCUT2D eigenvalue weighted by atomic mass is 10.0. The summed E-state index contributed by atoms with van der Waals surface area (Å²) in [6, 6.07) is 19.9. The maximum Gasteiger partial charge on any atom is 0.269 e. The number of anilines is 2. The van der Waals surface area contributed by atoms with Crippen molar-refractivity contribution in [3.05, 3.63) is 97.3 Å². The fourth-order valence-electron chi connectivity index (χ4n) is 5.03. The van der Waals surface area contributed by atoms with Gasteiger partial charge in [-0.05, 0) is 49.2 Å². The Labute approximate surface area is 216 Å². The van der Waals surface area contributed by atoms with Crippen LogP contribution in [0.2, 0.25) is 0 Å². The SMILES string of the molecule is C=CC(=O)N(c1c(N)cnc2c1ccn2S(=O)(=O)c1ccccc1)[C@@H]1CCCN(Cc2ccccc2)C1. The Bertz CT molecular complexity index is 1530. The highest BCUT2D eigenvalue weighted by atomic mass is 32.2. The van der Waals surface area contributed by atoms with E-state index in [0.717, 1.165) is 29.9 Å². The second kappa shape index (κ2) is 10.2. The minimum absolute atomic E-state index is 0.149. The van der Waals surface area contributed by atoms with Gasteiger partial charge in [0.15, 0.2) is 5.65 Å². The second-order valence-electron chi connectivity index (χ2n) is 9.16. The van der Waals surface area contributed by atoms with Gasteiger partial charge < -0.3 is 10.6 Å². The average Bonchev–Trinajstić information content (AvgIpc) is 3.36. The van der Waals surface area contributed by atoms with Gasteiger partial charge in [0.25, 0.3) is 15.9 Å². The maximum atomic E-state index is 13.4. The molecule has 9 heteroatoms. The quantitative estimate of drug-likeness (QED) is 0.373. The topological polar surface area (TPSA) is 102 Å². The number of hydrogen-bond donors (Lipinski definition) is 1. The van der Waals surface area contributed by atoms with E-state index in [1.54, 1.807) is 29.2 Å². The number of carbonyl (C=O) groups is 1. The van der Waals surface area contributed by atoms with E-state index in [1.165, 1.54) is 36.2 Å². The molecule has 2 aromatic heterocycles. The molecule has 1 aliphatic rings. The van der Waals surface area contributed by atoms with Crippen LogP contribution >= 0.6 is 0 Å². The number of hydrogen-bond acceptors (Lipinski definition) is 6. The van der Waals surface area contributed by atoms with Crippen molar-refractivity contribution in [1.82, 2.24) is 13.9 Å². The molecule has 0 unspecified atom stereocenters. The predicted molar refractivity (Wildman–Crippen MR) is 146 cm³/mol. The van der Waals surface area contributed by atoms with Crippen LogP contribution in [0.5, 0.6) is 0 Å². The number of benzene rings is 2. The number of fused-ring (bicyclic) bond motifs is 1. The number of nitrogen functional groups attached to an aromatic ring is 1. The largest absolute Gasteiger partial charge is 0.396 e. The molecule has 0 saturated carbocycles. The Morgan fingerprint density at radius 1 is 1.11 bits per heavy atom. The molecule has 0 spiro atoms. The van der Waals surface area contributed by atoms with Crippen molar-refractivity contribution >= 4 is 38.3 Å². The van der Waals surface area contributed by atoms with Gasteiger partial charge >= 0.3 is 0 Å². The van der Waals surface area contributed by atoms with Crippen molar-refractivity contribution in [3.63, 3.8) is 0 Å². The molecule has 2 aromatic carbocycles. The Morgan fingerprint density at radius 2 is 1.81 bits per heavy atom. The molecule has 1 atom stereocenters. The summed E-state index contributed by atoms with van der Waals surface area (Å²) in [5, 5.41) is 0.495. The zero-order chi connectivity index (χ0) is 26.0. The third-order valence-electron chi connectivity index (χ3n) is 6.73. The summed E-state index contributed by atoms with van der Waals surface area (Å²) < 4.78 is 27.9. The van der Waals surface area contributed by atoms with E-state index < -0.39 is 10.0 Å². The molecule has 0 aliphatic carbocycles. The molecular formula is C28H29N5O3S. The van der Waals surface area contributed by atoms with Crippen LogP contribution in [-0.4, -0.2) is 47.3 Å². The monoisotopic (exact) mass is 515 g/mol. The van der Waals surface area contributed by atoms with E-state index in [2.05, 4.69) is 28.6 Å². The zero-order valence-electron chi connectivity index (χ0n) is 20.4. The zero-order valence-corrected chi connectivity index (χ0v) is 21.2. The average molecular weight is 516 g/mol. The van der Waals surface area contributed by atoms with E-state index in [9.17, 15) is 13.2 Å². The summed E-state index contributed by atoms with van der Waals surface area (Å²) >= 11 is 0. The Hall–Kier alpha value is -3.95. The number of aromatic nitrogens is 2. The van der Waals surface area contributed by atoms with Gasteiger partial charge in [-0.25, -0.2) is 17.4 Å². The lowest BCUT2D eigenvalue weighted by Gasteiger charge is -2.39. The van der Waals surface area contributed by atoms with Gasteiger partial charge in [-0.15, -0.1) is 0 Å². The first-order valence-corrected chi connectivity index (χ1v) is 13.6. The highest BCUT2D eigenvalue weighted by Crippen LogP contribution is 2.36. The number of carbonyl (C=O) groups excluding carboxylic acids is 1. The van der Waals surface area contributed by atoms with E-state index in [0.29, 0.717) is 23.3 Å². The standard InChI is InChI=1S/C28H29N5O3S/c1-2-26(34)33(22-12-9-16-31(20-22)19-21-10-5-3-6-11-21)27-24-15-17-32(28(24)30-18-25(27)29)37(35,36)23-13-7-4-8-14-23/h2-8,10-11,13-15,17-18,22H,1,9,12,16,19-20,29H2/t22-/m1/s1. The van der Waals surface area contributed by atoms with Crippen LogP contribution in [0.15, 0.2) is 96.7 Å². The lowest BCUT2D eigenvalue weighted by Crippen LogP contribution is -2.50. The van der Waals surface area contributed by atoms with Crippen LogP contribution in [0.4, 0.5) is 11.4 Å². The minimum Gasteiger partial charge on any atom is -0.396 e. The first-order chi connectivity index (χ1) is 17.9. The molecule has 1 saturated heterocycles. The van der Waals surface area contributed by atoms with Gasteiger partial charge in [-0.2, -0.15) is 0 Å². The number of pyridine rings is 1. The predicted octanol–water partition coefficient (Wildman–Crippen LogP) is 4.04. The van der Waals surface area contributed by atoms with Crippen molar-refractivity contribution in [2.45, 2.75) is 30.3 Å². The number of piperidine rings is 1. The molecule has 1 aliphatic heterocycles. The van der Waals surface area contributed by atoms with E-state index >= 15 is 0 Å². The molecule has 0 bridgehead atoms. The molecule has 3 heterocycles. The molecule has 5 rings (SSSR count). The molecule has 190 valence electrons. The summed E-state index contributed by atoms with van der Waals surface area (Å²) in [7, 11) is -3.89. The van der Waals surface area contributed by atoms with Gasteiger partial charge in [0.05, 0.1) is 28.5 Å². The van der Waals surface area contributed by atoms with Crippen LogP contribution in [0.1, 0.15) is 18.4 Å². The number of rotatable bonds is 7. The fraction of sp³-hybridized carbons (Fsp3) is 0.214. The third-order valence-corrected chi connectivity index (χ3v) is 8.41. The maximum absolute atomic E-state index is 13.4. The van der Waals surface area contributed by atoms with Gasteiger partial charge in [-0.1, -0.05) is 55.1 Å². The summed E-state index contributed by atoms with van der Waals surface area (Å²) in [6.45, 7) is 6.08. The van der Waals surface area contributed by atoms with Crippen molar-refractivity contribution < 1.29 is 13.2 Å². The van der Waals surface area contributed by atoms with Crippen LogP contribution in [0.3, 0.4) is 0 Å². The van der Waals surface area contributed by atoms with Crippen LogP contribution in [0.25, 0.3) is 11.0 Å². The van der Waals surface area contributed by atoms with Crippen LogP contribution in [0, 0.1) is 0 Å². The Kier molecular flexibility index (Phi) is 6.82. The van der Waals surface area contributed by atoms with E-state index in [1.807, 2.05) is 18.2 Å². The number of nitrogens with zero attached hydrogens (tertiary/aromatic N) is 4. The Balaban J connectivity index is 1.55. The molecule has 37 heavy (non-hydrogen) atoms. The highest BCUT2D eigenvalue weighted by Gasteiger charge is 2.32. The summed E-state index contributed by atoms with van der Waals surface area (Å²) in [5.41, 5.74) is 8.60. The summed E-state index contributed by atoms with van der Waals surface area (Å²) in [5.74, 6) is -0.288. The molecule has 0 radical (unpaired) electrons. The van der Waals surface area contributed by atoms with Crippen molar-refractivity contribution in [1.29, 1.82) is 0 Å². The lowest BCUT2D eigenvalue weighted by molar-refractivity contribution is -0.114. The normalized spacial score (nSPS) is 16.5. The van der Waals surface area contributed by atoms with Crippen LogP contribution < -0.4 is 10.6 Å². The number of amides is 1. The van der Waals surface area contributed by atoms with Crippen LogP contribution in [-0.2, 0) is 21.4 Å². The van der Waals surface area contributed by atoms with Gasteiger partial charge in [0, 0.05) is 24.7 Å². The molecule has 8 nitrogen and oxygen atoms in total. The molecule has 2 N–H and O–H groups in total. The smallest absolute Gasteiger partial charge is 0.269 e. The van der Waals surface area contributed by atoms with Gasteiger partial charge in [0.1, 0.15) is 0 Å². The summed E-state index contributed by atoms with van der Waals surface area (Å²) in [6.07, 6.45) is 5.86. The van der Waals surface area contributed by atoms with E-state index in [-0.39, 0.29) is 22.5 Å². The fourth-order valence-corrected chi connectivity index (χ4v) is 6.35. The number of likely N-dealkylation sites (tertiary alicyclic amines) is 1. The molecule has 4 aromatic rings. The van der Waals surface area contributed by atoms with Gasteiger partial charge in [-0.3, -0.25) is 9.69 Å². The highest BCUT2D eigenvalue weighted by molar-refractivity contribution is 7.90. The molecule has 1 amide bonds. The number of nitrogens with two attached hydrogens (primary N) is 1. The van der Waals surface area contributed by atoms with Crippen molar-refractivity contribution in [3.8, 4) is 0 Å². The van der Waals surface area contributed by atoms with Crippen molar-refractivity contribution in [2.75, 3.05) is 23.7 Å². The first-order valence-electron chi connectivity index (χ1n) is 12.2. The van der Waals surface area contributed by atoms with E-state index in [4.69, 9.17) is 5.73 Å². The molecular weight excluding hydrogens is 486 g/mol. The first kappa shape index (κ1) is 24.7. The Morgan fingerprint density at radius 3 is 2.51 bits per heavy atom. The summed E-state index contributed by atoms with van der Waals surface area (Å²) in [4.78, 5) is 21.8. The third kappa shape index (κ3) is 4.75. The second-order valence-corrected chi connectivity index (χ2v) is 11.0.